The van der Waals surface area contributed by atoms with Gasteiger partial charge in [-0.15, -0.1) is 0 Å². The monoisotopic (exact) mass is 318 g/mol. The second-order valence-corrected chi connectivity index (χ2v) is 4.87. The lowest BCUT2D eigenvalue weighted by Gasteiger charge is -2.19. The van der Waals surface area contributed by atoms with E-state index in [4.69, 9.17) is 11.6 Å². The summed E-state index contributed by atoms with van der Waals surface area (Å²) in [6, 6.07) is 5.53. The summed E-state index contributed by atoms with van der Waals surface area (Å²) < 4.78 is 0.920. The maximum absolute atomic E-state index is 11.8. The van der Waals surface area contributed by atoms with Crippen LogP contribution in [0.1, 0.15) is 13.8 Å². The third kappa shape index (κ3) is 4.21. The van der Waals surface area contributed by atoms with Crippen molar-refractivity contribution in [3.63, 3.8) is 0 Å². The summed E-state index contributed by atoms with van der Waals surface area (Å²) in [6.45, 7) is 5.65. The predicted octanol–water partition coefficient (Wildman–Crippen LogP) is 3.38. The minimum atomic E-state index is 0.0778. The Morgan fingerprint density at radius 1 is 1.41 bits per heavy atom. The molecule has 0 radical (unpaired) electrons. The molecule has 0 saturated heterocycles. The summed E-state index contributed by atoms with van der Waals surface area (Å²) in [4.78, 5) is 13.5. The van der Waals surface area contributed by atoms with Crippen LogP contribution in [0.25, 0.3) is 0 Å². The SMILES string of the molecule is CCN(CC)C(=O)CNc1ccc(Br)cc1Cl. The number of nitrogens with zero attached hydrogens (tertiary/aromatic N) is 1. The molecule has 3 nitrogen and oxygen atoms in total. The highest BCUT2D eigenvalue weighted by Gasteiger charge is 2.09. The lowest BCUT2D eigenvalue weighted by Crippen LogP contribution is -2.35. The van der Waals surface area contributed by atoms with Crippen LogP contribution in [0, 0.1) is 0 Å². The van der Waals surface area contributed by atoms with Crippen molar-refractivity contribution in [1.82, 2.24) is 4.90 Å². The van der Waals surface area contributed by atoms with Crippen molar-refractivity contribution in [3.05, 3.63) is 27.7 Å². The molecule has 0 aliphatic heterocycles. The first-order valence-electron chi connectivity index (χ1n) is 5.55. The minimum Gasteiger partial charge on any atom is -0.375 e. The normalized spacial score (nSPS) is 10.1. The summed E-state index contributed by atoms with van der Waals surface area (Å²) in [6.07, 6.45) is 0. The number of amides is 1. The molecule has 94 valence electrons. The molecule has 1 aromatic carbocycles. The van der Waals surface area contributed by atoms with Crippen molar-refractivity contribution in [1.29, 1.82) is 0 Å². The first-order chi connectivity index (χ1) is 8.08. The predicted molar refractivity (Wildman–Crippen MR) is 75.6 cm³/mol. The third-order valence-electron chi connectivity index (χ3n) is 2.48. The van der Waals surface area contributed by atoms with Crippen molar-refractivity contribution in [2.24, 2.45) is 0 Å². The van der Waals surface area contributed by atoms with Crippen LogP contribution in [-0.2, 0) is 4.79 Å². The highest BCUT2D eigenvalue weighted by Crippen LogP contribution is 2.25. The second kappa shape index (κ2) is 6.87. The average Bonchev–Trinajstić information content (AvgIpc) is 2.29. The summed E-state index contributed by atoms with van der Waals surface area (Å²) in [5.41, 5.74) is 0.773. The van der Waals surface area contributed by atoms with Gasteiger partial charge in [-0.2, -0.15) is 0 Å². The molecule has 0 aliphatic rings. The Labute approximate surface area is 115 Å². The zero-order valence-corrected chi connectivity index (χ0v) is 12.3. The smallest absolute Gasteiger partial charge is 0.241 e. The van der Waals surface area contributed by atoms with Gasteiger partial charge in [0.2, 0.25) is 5.91 Å². The maximum Gasteiger partial charge on any atom is 0.241 e. The lowest BCUT2D eigenvalue weighted by atomic mass is 10.3. The second-order valence-electron chi connectivity index (χ2n) is 3.54. The Morgan fingerprint density at radius 3 is 2.59 bits per heavy atom. The molecule has 1 rings (SSSR count). The fourth-order valence-electron chi connectivity index (χ4n) is 1.49. The molecule has 17 heavy (non-hydrogen) atoms. The van der Waals surface area contributed by atoms with Gasteiger partial charge in [0.1, 0.15) is 0 Å². The zero-order valence-electron chi connectivity index (χ0n) is 9.96. The van der Waals surface area contributed by atoms with Gasteiger partial charge in [-0.05, 0) is 32.0 Å². The van der Waals surface area contributed by atoms with Gasteiger partial charge in [-0.25, -0.2) is 0 Å². The van der Waals surface area contributed by atoms with Crippen LogP contribution < -0.4 is 5.32 Å². The van der Waals surface area contributed by atoms with Gasteiger partial charge in [-0.3, -0.25) is 4.79 Å². The maximum atomic E-state index is 11.8. The highest BCUT2D eigenvalue weighted by atomic mass is 79.9. The molecule has 0 fully saturated rings. The van der Waals surface area contributed by atoms with Crippen molar-refractivity contribution in [2.75, 3.05) is 25.0 Å². The zero-order chi connectivity index (χ0) is 12.8. The first-order valence-corrected chi connectivity index (χ1v) is 6.72. The van der Waals surface area contributed by atoms with Crippen LogP contribution in [0.15, 0.2) is 22.7 Å². The summed E-state index contributed by atoms with van der Waals surface area (Å²) in [5.74, 6) is 0.0778. The molecule has 0 saturated carbocycles. The third-order valence-corrected chi connectivity index (χ3v) is 3.28. The quantitative estimate of drug-likeness (QED) is 0.902. The number of anilines is 1. The number of rotatable bonds is 5. The fourth-order valence-corrected chi connectivity index (χ4v) is 2.23. The number of halogens is 2. The fraction of sp³-hybridized carbons (Fsp3) is 0.417. The average molecular weight is 320 g/mol. The number of benzene rings is 1. The molecular formula is C12H16BrClN2O. The Morgan fingerprint density at radius 2 is 2.06 bits per heavy atom. The van der Waals surface area contributed by atoms with Crippen LogP contribution in [0.4, 0.5) is 5.69 Å². The number of hydrogen-bond donors (Lipinski definition) is 1. The highest BCUT2D eigenvalue weighted by molar-refractivity contribution is 9.10. The Kier molecular flexibility index (Phi) is 5.78. The van der Waals surface area contributed by atoms with Gasteiger partial charge in [-0.1, -0.05) is 27.5 Å². The molecule has 0 atom stereocenters. The molecule has 1 aromatic rings. The Hall–Kier alpha value is -0.740. The van der Waals surface area contributed by atoms with Crippen LogP contribution in [-0.4, -0.2) is 30.4 Å². The van der Waals surface area contributed by atoms with Crippen molar-refractivity contribution >= 4 is 39.1 Å². The van der Waals surface area contributed by atoms with E-state index in [0.717, 1.165) is 23.2 Å². The molecule has 0 heterocycles. The van der Waals surface area contributed by atoms with E-state index in [9.17, 15) is 4.79 Å². The molecule has 0 aliphatic carbocycles. The molecule has 0 bridgehead atoms. The standard InChI is InChI=1S/C12H16BrClN2O/c1-3-16(4-2)12(17)8-15-11-6-5-9(13)7-10(11)14/h5-7,15H,3-4,8H2,1-2H3. The lowest BCUT2D eigenvalue weighted by molar-refractivity contribution is -0.128. The van der Waals surface area contributed by atoms with E-state index >= 15 is 0 Å². The molecule has 1 N–H and O–H groups in total. The van der Waals surface area contributed by atoms with E-state index in [0.29, 0.717) is 5.02 Å². The van der Waals surface area contributed by atoms with Crippen LogP contribution in [0.3, 0.4) is 0 Å². The van der Waals surface area contributed by atoms with Crippen LogP contribution >= 0.6 is 27.5 Å². The molecular weight excluding hydrogens is 304 g/mol. The summed E-state index contributed by atoms with van der Waals surface area (Å²) in [7, 11) is 0. The summed E-state index contributed by atoms with van der Waals surface area (Å²) in [5, 5.41) is 3.65. The number of carbonyl (C=O) groups is 1. The van der Waals surface area contributed by atoms with Gasteiger partial charge in [0, 0.05) is 17.6 Å². The Balaban J connectivity index is 2.58. The number of nitrogens with one attached hydrogen (secondary N) is 1. The van der Waals surface area contributed by atoms with Gasteiger partial charge >= 0.3 is 0 Å². The van der Waals surface area contributed by atoms with E-state index in [-0.39, 0.29) is 12.5 Å². The van der Waals surface area contributed by atoms with Crippen LogP contribution in [0.2, 0.25) is 5.02 Å². The van der Waals surface area contributed by atoms with E-state index in [2.05, 4.69) is 21.2 Å². The van der Waals surface area contributed by atoms with Gasteiger partial charge in [0.25, 0.3) is 0 Å². The number of carbonyl (C=O) groups excluding carboxylic acids is 1. The van der Waals surface area contributed by atoms with Crippen molar-refractivity contribution in [2.45, 2.75) is 13.8 Å². The number of hydrogen-bond acceptors (Lipinski definition) is 2. The minimum absolute atomic E-state index is 0.0778. The molecule has 5 heteroatoms. The molecule has 0 spiro atoms. The first kappa shape index (κ1) is 14.3. The largest absolute Gasteiger partial charge is 0.375 e. The van der Waals surface area contributed by atoms with Gasteiger partial charge in [0.15, 0.2) is 0 Å². The molecule has 0 unspecified atom stereocenters. The van der Waals surface area contributed by atoms with E-state index in [1.807, 2.05) is 26.0 Å². The van der Waals surface area contributed by atoms with Crippen molar-refractivity contribution in [3.8, 4) is 0 Å². The number of likely N-dealkylation sites (N-methyl/N-ethyl adjacent to an activating group) is 1. The Bertz CT molecular complexity index is 394. The van der Waals surface area contributed by atoms with Gasteiger partial charge in [0.05, 0.1) is 17.3 Å². The van der Waals surface area contributed by atoms with Crippen LogP contribution in [0.5, 0.6) is 0 Å². The molecule has 0 aromatic heterocycles. The summed E-state index contributed by atoms with van der Waals surface area (Å²) >= 11 is 9.38. The van der Waals surface area contributed by atoms with E-state index < -0.39 is 0 Å². The van der Waals surface area contributed by atoms with Crippen molar-refractivity contribution < 1.29 is 4.79 Å². The van der Waals surface area contributed by atoms with E-state index in [1.165, 1.54) is 0 Å². The van der Waals surface area contributed by atoms with E-state index in [1.54, 1.807) is 11.0 Å². The molecule has 1 amide bonds. The topological polar surface area (TPSA) is 32.3 Å². The van der Waals surface area contributed by atoms with Gasteiger partial charge < -0.3 is 10.2 Å².